The van der Waals surface area contributed by atoms with E-state index in [1.165, 1.54) is 0 Å². The number of nitrogens with zero attached hydrogens (tertiary/aromatic N) is 4. The van der Waals surface area contributed by atoms with Gasteiger partial charge in [-0.05, 0) is 72.2 Å². The van der Waals surface area contributed by atoms with Gasteiger partial charge in [0.25, 0.3) is 0 Å². The van der Waals surface area contributed by atoms with Gasteiger partial charge < -0.3 is 40.2 Å². The van der Waals surface area contributed by atoms with Crippen LogP contribution in [0.15, 0.2) is 146 Å². The van der Waals surface area contributed by atoms with E-state index in [1.807, 2.05) is 48.5 Å². The van der Waals surface area contributed by atoms with E-state index in [0.717, 1.165) is 100 Å². The van der Waals surface area contributed by atoms with Crippen LogP contribution < -0.4 is 21.3 Å². The highest BCUT2D eigenvalue weighted by Gasteiger charge is 2.38. The van der Waals surface area contributed by atoms with Crippen LogP contribution in [0, 0.1) is 0 Å². The molecule has 4 saturated heterocycles. The molecule has 4 atom stereocenters. The number of benzene rings is 6. The first-order chi connectivity index (χ1) is 37.6. The van der Waals surface area contributed by atoms with Crippen molar-refractivity contribution in [2.45, 2.75) is 50.6 Å². The normalized spacial score (nSPS) is 21.0. The monoisotopic (exact) mass is 1020 g/mol. The van der Waals surface area contributed by atoms with Gasteiger partial charge >= 0.3 is 0 Å². The lowest BCUT2D eigenvalue weighted by Gasteiger charge is -2.28. The number of hydrogen-bond donors (Lipinski definition) is 4. The molecule has 0 aromatic heterocycles. The summed E-state index contributed by atoms with van der Waals surface area (Å²) in [6.07, 6.45) is 2.92. The summed E-state index contributed by atoms with van der Waals surface area (Å²) in [5.74, 6) is -0.341. The summed E-state index contributed by atoms with van der Waals surface area (Å²) in [5.41, 5.74) is 8.87. The van der Waals surface area contributed by atoms with Crippen LogP contribution in [0.3, 0.4) is 0 Å². The second kappa shape index (κ2) is 25.1. The Kier molecular flexibility index (Phi) is 17.1. The lowest BCUT2D eigenvalue weighted by Crippen LogP contribution is -2.29. The van der Waals surface area contributed by atoms with Gasteiger partial charge in [-0.15, -0.1) is 0 Å². The molecule has 5 aliphatic rings. The molecule has 4 aliphatic heterocycles. The molecular weight excluding hydrogens is 953 g/mol. The number of ether oxygens (including phenoxy) is 4. The number of carbonyl (C=O) groups is 2. The van der Waals surface area contributed by atoms with Crippen LogP contribution in [0.1, 0.15) is 105 Å². The van der Waals surface area contributed by atoms with E-state index in [9.17, 15) is 0 Å². The summed E-state index contributed by atoms with van der Waals surface area (Å²) < 4.78 is 24.7. The van der Waals surface area contributed by atoms with E-state index in [0.29, 0.717) is 97.6 Å². The molecule has 0 spiro atoms. The average Bonchev–Trinajstić information content (AvgIpc) is 4.37. The van der Waals surface area contributed by atoms with E-state index in [1.54, 1.807) is 0 Å². The first-order valence-corrected chi connectivity index (χ1v) is 27.6. The van der Waals surface area contributed by atoms with Gasteiger partial charge in [0.2, 0.25) is 0 Å². The Bertz CT molecular complexity index is 2480. The molecule has 6 aromatic carbocycles. The quantitative estimate of drug-likeness (QED) is 0.0429. The second-order valence-electron chi connectivity index (χ2n) is 20.3. The minimum absolute atomic E-state index is 0.0830. The summed E-state index contributed by atoms with van der Waals surface area (Å²) in [7, 11) is 0. The predicted octanol–water partition coefficient (Wildman–Crippen LogP) is 9.79. The SMILES string of the molecule is O=C1c2c(NCCCN3CCOC3c3ccccc3)ccc(NCCCN3CCOC3c3ccccc3)c2C(=O)c2c(NCCCN3CCOC3c3ccccc3)ccc(NCCCN3CCOC3c3ccccc3)c21. The predicted molar refractivity (Wildman–Crippen MR) is 299 cm³/mol. The number of anilines is 4. The number of nitrogens with one attached hydrogen (secondary N) is 4. The second-order valence-corrected chi connectivity index (χ2v) is 20.3. The molecule has 0 amide bonds. The first kappa shape index (κ1) is 51.6. The van der Waals surface area contributed by atoms with Gasteiger partial charge in [0.05, 0.1) is 48.7 Å². The molecule has 6 aromatic rings. The maximum atomic E-state index is 15.7. The van der Waals surface area contributed by atoms with Crippen molar-refractivity contribution in [1.82, 2.24) is 19.6 Å². The first-order valence-electron chi connectivity index (χ1n) is 27.6. The zero-order valence-corrected chi connectivity index (χ0v) is 43.5. The van der Waals surface area contributed by atoms with Crippen molar-refractivity contribution in [2.24, 2.45) is 0 Å². The largest absolute Gasteiger partial charge is 0.384 e. The van der Waals surface area contributed by atoms with E-state index in [2.05, 4.69) is 138 Å². The molecule has 76 heavy (non-hydrogen) atoms. The smallest absolute Gasteiger partial charge is 0.198 e. The molecule has 0 bridgehead atoms. The summed E-state index contributed by atoms with van der Waals surface area (Å²) in [6.45, 7) is 11.8. The van der Waals surface area contributed by atoms with Crippen LogP contribution in [0.4, 0.5) is 22.7 Å². The van der Waals surface area contributed by atoms with E-state index in [-0.39, 0.29) is 36.5 Å². The van der Waals surface area contributed by atoms with Gasteiger partial charge in [-0.25, -0.2) is 0 Å². The molecule has 11 rings (SSSR count). The van der Waals surface area contributed by atoms with E-state index in [4.69, 9.17) is 18.9 Å². The van der Waals surface area contributed by atoms with Gasteiger partial charge in [0.15, 0.2) is 11.6 Å². The van der Waals surface area contributed by atoms with Crippen LogP contribution in [0.5, 0.6) is 0 Å². The number of hydrogen-bond acceptors (Lipinski definition) is 14. The molecule has 14 nitrogen and oxygen atoms in total. The van der Waals surface area contributed by atoms with Gasteiger partial charge in [-0.1, -0.05) is 121 Å². The van der Waals surface area contributed by atoms with Crippen molar-refractivity contribution in [3.05, 3.63) is 190 Å². The Labute approximate surface area is 447 Å². The molecule has 396 valence electrons. The summed E-state index contributed by atoms with van der Waals surface area (Å²) in [5, 5.41) is 14.6. The molecular formula is C62H72N8O6. The minimum atomic E-state index is -0.170. The lowest BCUT2D eigenvalue weighted by atomic mass is 9.80. The fourth-order valence-electron chi connectivity index (χ4n) is 11.6. The van der Waals surface area contributed by atoms with Crippen molar-refractivity contribution < 1.29 is 28.5 Å². The zero-order valence-electron chi connectivity index (χ0n) is 43.5. The molecule has 4 heterocycles. The standard InChI is InChI=1S/C62H72N8O6/c71-57-53-49(63-29-13-33-67-37-41-73-59(67)45-17-5-1-6-18-45)25-26-50(64-30-14-34-68-38-42-74-60(68)46-19-7-2-8-20-46)54(53)58(72)56-52(66-32-16-36-70-40-44-76-62(70)48-23-11-4-12-24-48)28-27-51(55(56)57)65-31-15-35-69-39-43-75-61(69)47-21-9-3-10-22-47/h1-12,17-28,59-66H,13-16,29-44H2. The van der Waals surface area contributed by atoms with Gasteiger partial charge in [-0.3, -0.25) is 29.2 Å². The third kappa shape index (κ3) is 11.7. The van der Waals surface area contributed by atoms with Crippen molar-refractivity contribution in [3.8, 4) is 0 Å². The Hall–Kier alpha value is -6.46. The van der Waals surface area contributed by atoms with E-state index >= 15 is 9.59 Å². The highest BCUT2D eigenvalue weighted by Crippen LogP contribution is 2.42. The zero-order chi connectivity index (χ0) is 51.5. The van der Waals surface area contributed by atoms with Crippen molar-refractivity contribution in [1.29, 1.82) is 0 Å². The molecule has 4 fully saturated rings. The minimum Gasteiger partial charge on any atom is -0.384 e. The Morgan fingerprint density at radius 1 is 0.329 bits per heavy atom. The fraction of sp³-hybridized carbons (Fsp3) is 0.387. The number of rotatable bonds is 24. The average molecular weight is 1030 g/mol. The maximum absolute atomic E-state index is 15.7. The third-order valence-corrected chi connectivity index (χ3v) is 15.4. The molecule has 4 N–H and O–H groups in total. The summed E-state index contributed by atoms with van der Waals surface area (Å²) in [4.78, 5) is 40.8. The lowest BCUT2D eigenvalue weighted by molar-refractivity contribution is 0.0325. The van der Waals surface area contributed by atoms with Crippen LogP contribution in [0.25, 0.3) is 0 Å². The number of fused-ring (bicyclic) bond motifs is 2. The molecule has 0 radical (unpaired) electrons. The third-order valence-electron chi connectivity index (χ3n) is 15.4. The van der Waals surface area contributed by atoms with E-state index < -0.39 is 0 Å². The highest BCUT2D eigenvalue weighted by molar-refractivity contribution is 6.35. The van der Waals surface area contributed by atoms with Crippen LogP contribution in [-0.2, 0) is 18.9 Å². The van der Waals surface area contributed by atoms with Crippen LogP contribution >= 0.6 is 0 Å². The Balaban J connectivity index is 0.844. The molecule has 0 saturated carbocycles. The topological polar surface area (TPSA) is 132 Å². The molecule has 14 heteroatoms. The summed E-state index contributed by atoms with van der Waals surface area (Å²) in [6, 6.07) is 49.4. The van der Waals surface area contributed by atoms with Gasteiger partial charge in [-0.2, -0.15) is 0 Å². The number of ketones is 2. The highest BCUT2D eigenvalue weighted by atomic mass is 16.5. The van der Waals surface area contributed by atoms with Crippen molar-refractivity contribution in [2.75, 3.05) is 126 Å². The van der Waals surface area contributed by atoms with Gasteiger partial charge in [0, 0.05) is 101 Å². The Morgan fingerprint density at radius 3 is 0.776 bits per heavy atom. The van der Waals surface area contributed by atoms with Gasteiger partial charge in [0.1, 0.15) is 24.9 Å². The molecule has 4 unspecified atom stereocenters. The van der Waals surface area contributed by atoms with Crippen LogP contribution in [-0.4, -0.2) is 136 Å². The van der Waals surface area contributed by atoms with Crippen LogP contribution in [0.2, 0.25) is 0 Å². The van der Waals surface area contributed by atoms with Crippen molar-refractivity contribution >= 4 is 34.3 Å². The summed E-state index contributed by atoms with van der Waals surface area (Å²) >= 11 is 0. The van der Waals surface area contributed by atoms with Crippen molar-refractivity contribution in [3.63, 3.8) is 0 Å². The maximum Gasteiger partial charge on any atom is 0.198 e. The Morgan fingerprint density at radius 2 is 0.553 bits per heavy atom. The molecule has 1 aliphatic carbocycles. The number of carbonyl (C=O) groups excluding carboxylic acids is 2. The fourth-order valence-corrected chi connectivity index (χ4v) is 11.6.